The normalized spacial score (nSPS) is 14.7. The number of unbranched alkanes of at least 4 members (excludes halogenated alkanes) is 23. The summed E-state index contributed by atoms with van der Waals surface area (Å²) in [5, 5.41) is 13.9. The summed E-state index contributed by atoms with van der Waals surface area (Å²) < 4.78 is 23.7. The van der Waals surface area contributed by atoms with Crippen molar-refractivity contribution in [3.05, 3.63) is 97.2 Å². The van der Waals surface area contributed by atoms with Crippen molar-refractivity contribution in [2.75, 3.05) is 40.9 Å². The van der Waals surface area contributed by atoms with E-state index < -0.39 is 20.0 Å². The number of carbonyl (C=O) groups excluding carboxylic acids is 1. The number of phosphoric acid groups is 1. The predicted molar refractivity (Wildman–Crippen MR) is 299 cm³/mol. The second-order valence-corrected chi connectivity index (χ2v) is 21.4. The van der Waals surface area contributed by atoms with Crippen molar-refractivity contribution in [2.45, 2.75) is 238 Å². The lowest BCUT2D eigenvalue weighted by Crippen LogP contribution is -2.45. The Labute approximate surface area is 426 Å². The van der Waals surface area contributed by atoms with Gasteiger partial charge >= 0.3 is 7.82 Å². The lowest BCUT2D eigenvalue weighted by Gasteiger charge is -2.25. The van der Waals surface area contributed by atoms with E-state index in [4.69, 9.17) is 9.05 Å². The summed E-state index contributed by atoms with van der Waals surface area (Å²) in [5.41, 5.74) is 0. The monoisotopic (exact) mass is 984 g/mol. The van der Waals surface area contributed by atoms with Crippen LogP contribution in [-0.2, 0) is 18.4 Å². The van der Waals surface area contributed by atoms with Crippen molar-refractivity contribution in [1.29, 1.82) is 0 Å². The zero-order chi connectivity index (χ0) is 50.6. The number of nitrogens with one attached hydrogen (secondary N) is 1. The third-order valence-corrected chi connectivity index (χ3v) is 13.0. The number of nitrogens with zero attached hydrogens (tertiary/aromatic N) is 1. The van der Waals surface area contributed by atoms with Gasteiger partial charge < -0.3 is 19.8 Å². The quantitative estimate of drug-likeness (QED) is 0.0243. The molecule has 3 N–H and O–H groups in total. The van der Waals surface area contributed by atoms with Crippen LogP contribution in [0.1, 0.15) is 226 Å². The first-order valence-corrected chi connectivity index (χ1v) is 29.6. The van der Waals surface area contributed by atoms with Crippen LogP contribution in [0.15, 0.2) is 97.2 Å². The minimum atomic E-state index is -4.36. The molecule has 0 saturated heterocycles. The van der Waals surface area contributed by atoms with Gasteiger partial charge in [-0.1, -0.05) is 233 Å². The molecule has 3 atom stereocenters. The van der Waals surface area contributed by atoms with Crippen molar-refractivity contribution >= 4 is 13.7 Å². The SMILES string of the molecule is CC/C=C\C/C=C\C/C=C\C/C=C\C/C=C\C/C=C\CCCCCCCCCCC(=O)NC(COP(=O)(O)OCC[N+](C)(C)C)C(O)/C=C/CC/C=C/CCCCCCCCCCCCCCCC. The minimum absolute atomic E-state index is 0.0496. The smallest absolute Gasteiger partial charge is 0.387 e. The Kier molecular flexibility index (Phi) is 48.5. The summed E-state index contributed by atoms with van der Waals surface area (Å²) in [6, 6.07) is -0.875. The number of amides is 1. The first kappa shape index (κ1) is 66.4. The maximum Gasteiger partial charge on any atom is 0.472 e. The first-order valence-electron chi connectivity index (χ1n) is 28.1. The zero-order valence-corrected chi connectivity index (χ0v) is 46.2. The number of carbonyl (C=O) groups is 1. The molecule has 0 radical (unpaired) electrons. The fourth-order valence-corrected chi connectivity index (χ4v) is 8.38. The van der Waals surface area contributed by atoms with E-state index >= 15 is 0 Å². The van der Waals surface area contributed by atoms with Gasteiger partial charge in [-0.05, 0) is 83.5 Å². The van der Waals surface area contributed by atoms with E-state index in [0.29, 0.717) is 17.4 Å². The minimum Gasteiger partial charge on any atom is -0.387 e. The molecule has 0 spiro atoms. The number of phosphoric ester groups is 1. The Morgan fingerprint density at radius 3 is 1.33 bits per heavy atom. The highest BCUT2D eigenvalue weighted by Gasteiger charge is 2.27. The van der Waals surface area contributed by atoms with Crippen LogP contribution in [0.25, 0.3) is 0 Å². The van der Waals surface area contributed by atoms with Crippen LogP contribution in [0.5, 0.6) is 0 Å². The van der Waals surface area contributed by atoms with Gasteiger partial charge in [-0.15, -0.1) is 0 Å². The molecule has 0 aromatic carbocycles. The van der Waals surface area contributed by atoms with Crippen molar-refractivity contribution in [2.24, 2.45) is 0 Å². The van der Waals surface area contributed by atoms with E-state index in [1.807, 2.05) is 27.2 Å². The standard InChI is InChI=1S/C60H107N2O6P/c1-6-8-10-12-14-16-18-20-22-24-26-28-29-30-31-32-33-34-36-38-40-42-44-46-48-50-52-54-60(64)61-58(57-68-69(65,66)67-56-55-62(3,4)5)59(63)53-51-49-47-45-43-41-39-37-35-27-25-23-21-19-17-15-13-11-9-7-2/h8,10,14,16,20,22,26,28,30-31,33-34,43,45,51,53,58-59,63H,6-7,9,11-13,15,17-19,21,23-25,27,29,32,35-42,44,46-50,52,54-57H2,1-5H3,(H-,61,64,65,66)/p+1/b10-8-,16-14-,22-20-,28-26-,31-30-,34-33-,45-43+,53-51+. The highest BCUT2D eigenvalue weighted by molar-refractivity contribution is 7.47. The Morgan fingerprint density at radius 1 is 0.507 bits per heavy atom. The van der Waals surface area contributed by atoms with Crippen molar-refractivity contribution in [3.8, 4) is 0 Å². The van der Waals surface area contributed by atoms with Gasteiger partial charge in [0.2, 0.25) is 5.91 Å². The number of rotatable bonds is 50. The summed E-state index contributed by atoms with van der Waals surface area (Å²) in [4.78, 5) is 23.3. The van der Waals surface area contributed by atoms with Crippen LogP contribution in [-0.4, -0.2) is 73.4 Å². The van der Waals surface area contributed by atoms with E-state index in [1.165, 1.54) is 116 Å². The van der Waals surface area contributed by atoms with Gasteiger partial charge in [-0.3, -0.25) is 13.8 Å². The number of hydrogen-bond acceptors (Lipinski definition) is 5. The van der Waals surface area contributed by atoms with Crippen LogP contribution >= 0.6 is 7.82 Å². The van der Waals surface area contributed by atoms with Gasteiger partial charge in [0.05, 0.1) is 39.9 Å². The van der Waals surface area contributed by atoms with Crippen LogP contribution in [0.3, 0.4) is 0 Å². The first-order chi connectivity index (χ1) is 33.5. The molecule has 3 unspecified atom stereocenters. The van der Waals surface area contributed by atoms with Crippen LogP contribution < -0.4 is 5.32 Å². The van der Waals surface area contributed by atoms with Crippen molar-refractivity contribution < 1.29 is 32.9 Å². The Morgan fingerprint density at radius 2 is 0.884 bits per heavy atom. The average Bonchev–Trinajstić information content (AvgIpc) is 3.31. The molecule has 0 heterocycles. The molecule has 0 aliphatic heterocycles. The predicted octanol–water partition coefficient (Wildman–Crippen LogP) is 17.0. The fraction of sp³-hybridized carbons (Fsp3) is 0.717. The number of aliphatic hydroxyl groups is 1. The number of aliphatic hydroxyl groups excluding tert-OH is 1. The highest BCUT2D eigenvalue weighted by Crippen LogP contribution is 2.43. The second-order valence-electron chi connectivity index (χ2n) is 19.9. The van der Waals surface area contributed by atoms with Crippen LogP contribution in [0.2, 0.25) is 0 Å². The topological polar surface area (TPSA) is 105 Å². The third-order valence-electron chi connectivity index (χ3n) is 12.0. The molecular weight excluding hydrogens is 876 g/mol. The van der Waals surface area contributed by atoms with E-state index in [2.05, 4.69) is 104 Å². The molecule has 8 nitrogen and oxygen atoms in total. The lowest BCUT2D eigenvalue weighted by atomic mass is 10.0. The van der Waals surface area contributed by atoms with Gasteiger partial charge in [0.25, 0.3) is 0 Å². The van der Waals surface area contributed by atoms with Gasteiger partial charge in [0.1, 0.15) is 13.2 Å². The number of quaternary nitrogens is 1. The number of hydrogen-bond donors (Lipinski definition) is 3. The fourth-order valence-electron chi connectivity index (χ4n) is 7.65. The Hall–Kier alpha value is -2.58. The number of allylic oxidation sites excluding steroid dienone is 15. The molecule has 0 aromatic heterocycles. The summed E-state index contributed by atoms with van der Waals surface area (Å²) in [5.74, 6) is -0.199. The van der Waals surface area contributed by atoms with Crippen LogP contribution in [0, 0.1) is 0 Å². The van der Waals surface area contributed by atoms with E-state index in [9.17, 15) is 19.4 Å². The van der Waals surface area contributed by atoms with E-state index in [-0.39, 0.29) is 19.1 Å². The molecule has 0 aromatic rings. The Balaban J connectivity index is 4.32. The van der Waals surface area contributed by atoms with Gasteiger partial charge in [0.15, 0.2) is 0 Å². The average molecular weight is 985 g/mol. The van der Waals surface area contributed by atoms with Crippen molar-refractivity contribution in [3.63, 3.8) is 0 Å². The highest BCUT2D eigenvalue weighted by atomic mass is 31.2. The summed E-state index contributed by atoms with van der Waals surface area (Å²) >= 11 is 0. The maximum absolute atomic E-state index is 13.0. The molecule has 0 fully saturated rings. The zero-order valence-electron chi connectivity index (χ0n) is 45.3. The summed E-state index contributed by atoms with van der Waals surface area (Å²) in [6.45, 7) is 4.67. The molecule has 1 amide bonds. The van der Waals surface area contributed by atoms with Gasteiger partial charge in [-0.25, -0.2) is 4.57 Å². The molecular formula is C60H108N2O6P+. The largest absolute Gasteiger partial charge is 0.472 e. The number of likely N-dealkylation sites (N-methyl/N-ethyl adjacent to an activating group) is 1. The molecule has 398 valence electrons. The summed E-state index contributed by atoms with van der Waals surface area (Å²) in [6.07, 6.45) is 72.1. The maximum atomic E-state index is 13.0. The van der Waals surface area contributed by atoms with E-state index in [0.717, 1.165) is 89.9 Å². The van der Waals surface area contributed by atoms with Crippen LogP contribution in [0.4, 0.5) is 0 Å². The molecule has 0 aliphatic carbocycles. The third kappa shape index (κ3) is 53.1. The van der Waals surface area contributed by atoms with E-state index in [1.54, 1.807) is 6.08 Å². The molecule has 69 heavy (non-hydrogen) atoms. The molecule has 0 aliphatic rings. The Bertz CT molecular complexity index is 1440. The lowest BCUT2D eigenvalue weighted by molar-refractivity contribution is -0.870. The second kappa shape index (κ2) is 50.4. The molecule has 0 rings (SSSR count). The van der Waals surface area contributed by atoms with Crippen molar-refractivity contribution in [1.82, 2.24) is 5.32 Å². The molecule has 9 heteroatoms. The summed E-state index contributed by atoms with van der Waals surface area (Å²) in [7, 11) is 1.54. The van der Waals surface area contributed by atoms with Gasteiger partial charge in [0, 0.05) is 6.42 Å². The molecule has 0 bridgehead atoms. The molecule has 0 saturated carbocycles. The van der Waals surface area contributed by atoms with Gasteiger partial charge in [-0.2, -0.15) is 0 Å².